The molecule has 1 saturated carbocycles. The average molecular weight is 347 g/mol. The Morgan fingerprint density at radius 2 is 2.20 bits per heavy atom. The molecule has 134 valence electrons. The van der Waals surface area contributed by atoms with Crippen molar-refractivity contribution >= 4 is 23.3 Å². The van der Waals surface area contributed by atoms with E-state index in [2.05, 4.69) is 21.3 Å². The maximum absolute atomic E-state index is 12.1. The Morgan fingerprint density at radius 3 is 2.84 bits per heavy atom. The first-order chi connectivity index (χ1) is 12.0. The Hall–Kier alpha value is -2.68. The summed E-state index contributed by atoms with van der Waals surface area (Å²) in [4.78, 5) is 34.3. The minimum atomic E-state index is -0.813. The molecule has 1 aliphatic carbocycles. The molecule has 1 saturated heterocycles. The lowest BCUT2D eigenvalue weighted by atomic mass is 9.87. The van der Waals surface area contributed by atoms with E-state index in [0.717, 1.165) is 18.4 Å². The number of nitrogens with zero attached hydrogens (tertiary/aromatic N) is 1. The van der Waals surface area contributed by atoms with Crippen molar-refractivity contribution in [3.05, 3.63) is 33.9 Å². The molecule has 3 amide bonds. The zero-order valence-corrected chi connectivity index (χ0v) is 13.9. The van der Waals surface area contributed by atoms with Gasteiger partial charge in [-0.1, -0.05) is 12.5 Å². The summed E-state index contributed by atoms with van der Waals surface area (Å²) in [6, 6.07) is 4.60. The number of nitrogens with one attached hydrogen (secondary N) is 4. The van der Waals surface area contributed by atoms with E-state index in [0.29, 0.717) is 25.2 Å². The molecule has 2 fully saturated rings. The summed E-state index contributed by atoms with van der Waals surface area (Å²) in [7, 11) is 1.64. The van der Waals surface area contributed by atoms with E-state index < -0.39 is 16.5 Å². The number of benzene rings is 1. The molecule has 3 rings (SSSR count). The van der Waals surface area contributed by atoms with Gasteiger partial charge in [0.05, 0.1) is 4.92 Å². The molecule has 1 spiro atoms. The van der Waals surface area contributed by atoms with Crippen molar-refractivity contribution in [1.82, 2.24) is 16.0 Å². The number of hydrogen-bond acceptors (Lipinski definition) is 6. The molecule has 0 bridgehead atoms. The number of urea groups is 1. The first-order valence-corrected chi connectivity index (χ1v) is 8.25. The molecule has 1 aromatic rings. The van der Waals surface area contributed by atoms with Crippen LogP contribution in [0.25, 0.3) is 0 Å². The van der Waals surface area contributed by atoms with Crippen molar-refractivity contribution in [2.24, 2.45) is 5.92 Å². The summed E-state index contributed by atoms with van der Waals surface area (Å²) in [5.41, 5.74) is 0.472. The van der Waals surface area contributed by atoms with Gasteiger partial charge >= 0.3 is 6.03 Å². The van der Waals surface area contributed by atoms with E-state index >= 15 is 0 Å². The van der Waals surface area contributed by atoms with Gasteiger partial charge in [0, 0.05) is 32.1 Å². The predicted octanol–water partition coefficient (Wildman–Crippen LogP) is 1.10. The number of carbonyl (C=O) groups is 2. The van der Waals surface area contributed by atoms with Crippen LogP contribution in [0, 0.1) is 16.0 Å². The van der Waals surface area contributed by atoms with Crippen LogP contribution in [-0.2, 0) is 11.3 Å². The molecule has 2 atom stereocenters. The number of anilines is 1. The van der Waals surface area contributed by atoms with Gasteiger partial charge in [0.2, 0.25) is 0 Å². The van der Waals surface area contributed by atoms with Crippen molar-refractivity contribution in [2.45, 2.75) is 31.3 Å². The van der Waals surface area contributed by atoms with Gasteiger partial charge in [0.1, 0.15) is 11.2 Å². The van der Waals surface area contributed by atoms with Gasteiger partial charge in [-0.05, 0) is 24.5 Å². The molecule has 1 aliphatic heterocycles. The lowest BCUT2D eigenvalue weighted by molar-refractivity contribution is -0.384. The fourth-order valence-corrected chi connectivity index (χ4v) is 3.76. The number of nitro groups is 1. The van der Waals surface area contributed by atoms with Crippen molar-refractivity contribution in [1.29, 1.82) is 0 Å². The maximum Gasteiger partial charge on any atom is 0.322 e. The first kappa shape index (κ1) is 17.2. The lowest BCUT2D eigenvalue weighted by Crippen LogP contribution is -2.52. The Bertz CT molecular complexity index is 722. The van der Waals surface area contributed by atoms with Crippen LogP contribution in [0.5, 0.6) is 0 Å². The molecule has 9 nitrogen and oxygen atoms in total. The zero-order valence-electron chi connectivity index (χ0n) is 13.9. The molecule has 4 N–H and O–H groups in total. The van der Waals surface area contributed by atoms with Gasteiger partial charge in [-0.25, -0.2) is 4.79 Å². The summed E-state index contributed by atoms with van der Waals surface area (Å²) in [6.45, 7) is 1.00. The number of hydrogen-bond donors (Lipinski definition) is 4. The first-order valence-electron chi connectivity index (χ1n) is 8.25. The third kappa shape index (κ3) is 3.14. The number of imide groups is 1. The monoisotopic (exact) mass is 347 g/mol. The summed E-state index contributed by atoms with van der Waals surface area (Å²) >= 11 is 0. The predicted molar refractivity (Wildman–Crippen MR) is 91.1 cm³/mol. The normalized spacial score (nSPS) is 25.1. The fourth-order valence-electron chi connectivity index (χ4n) is 3.76. The summed E-state index contributed by atoms with van der Waals surface area (Å²) in [5, 5.41) is 22.3. The lowest BCUT2D eigenvalue weighted by Gasteiger charge is -2.28. The number of amides is 3. The minimum absolute atomic E-state index is 0.00511. The van der Waals surface area contributed by atoms with Gasteiger partial charge < -0.3 is 16.0 Å². The Morgan fingerprint density at radius 1 is 1.40 bits per heavy atom. The highest BCUT2D eigenvalue weighted by molar-refractivity contribution is 6.07. The Kier molecular flexibility index (Phi) is 4.58. The van der Waals surface area contributed by atoms with Crippen LogP contribution < -0.4 is 21.3 Å². The quantitative estimate of drug-likeness (QED) is 0.347. The second-order valence-electron chi connectivity index (χ2n) is 6.46. The molecule has 1 heterocycles. The highest BCUT2D eigenvalue weighted by atomic mass is 16.6. The summed E-state index contributed by atoms with van der Waals surface area (Å²) < 4.78 is 0. The second-order valence-corrected chi connectivity index (χ2v) is 6.46. The smallest absolute Gasteiger partial charge is 0.322 e. The average Bonchev–Trinajstić information content (AvgIpc) is 3.11. The highest BCUT2D eigenvalue weighted by Crippen LogP contribution is 2.37. The van der Waals surface area contributed by atoms with Crippen molar-refractivity contribution in [3.63, 3.8) is 0 Å². The summed E-state index contributed by atoms with van der Waals surface area (Å²) in [5.74, 6) is -0.249. The minimum Gasteiger partial charge on any atom is -0.383 e. The number of rotatable bonds is 6. The third-order valence-electron chi connectivity index (χ3n) is 5.04. The van der Waals surface area contributed by atoms with E-state index in [1.54, 1.807) is 13.1 Å². The molecule has 1 aromatic carbocycles. The SMILES string of the molecule is CNc1ccc(CNC[C@H]2CCC[C@@]23NC(=O)NC3=O)cc1[N+](=O)[O-]. The molecular formula is C16H21N5O4. The van der Waals surface area contributed by atoms with E-state index in [1.807, 2.05) is 6.07 Å². The van der Waals surface area contributed by atoms with Gasteiger partial charge in [0.15, 0.2) is 0 Å². The van der Waals surface area contributed by atoms with Gasteiger partial charge in [0.25, 0.3) is 11.6 Å². The molecule has 0 radical (unpaired) electrons. The van der Waals surface area contributed by atoms with E-state index in [-0.39, 0.29) is 17.5 Å². The van der Waals surface area contributed by atoms with Crippen LogP contribution in [0.2, 0.25) is 0 Å². The molecule has 0 unspecified atom stereocenters. The van der Waals surface area contributed by atoms with E-state index in [1.165, 1.54) is 6.07 Å². The van der Waals surface area contributed by atoms with Crippen molar-refractivity contribution in [3.8, 4) is 0 Å². The fraction of sp³-hybridized carbons (Fsp3) is 0.500. The summed E-state index contributed by atoms with van der Waals surface area (Å²) in [6.07, 6.45) is 2.36. The molecule has 0 aromatic heterocycles. The van der Waals surface area contributed by atoms with Crippen LogP contribution in [-0.4, -0.2) is 36.0 Å². The maximum atomic E-state index is 12.1. The van der Waals surface area contributed by atoms with Crippen LogP contribution in [0.4, 0.5) is 16.2 Å². The van der Waals surface area contributed by atoms with Crippen molar-refractivity contribution < 1.29 is 14.5 Å². The zero-order chi connectivity index (χ0) is 18.0. The number of nitro benzene ring substituents is 1. The van der Waals surface area contributed by atoms with Gasteiger partial charge in [-0.15, -0.1) is 0 Å². The van der Waals surface area contributed by atoms with Crippen molar-refractivity contribution in [2.75, 3.05) is 18.9 Å². The number of carbonyl (C=O) groups excluding carboxylic acids is 2. The van der Waals surface area contributed by atoms with Crippen LogP contribution >= 0.6 is 0 Å². The standard InChI is InChI=1S/C16H21N5O4/c1-17-12-5-4-10(7-13(12)21(24)25)8-18-9-11-3-2-6-16(11)14(22)19-15(23)20-16/h4-5,7,11,17-18H,2-3,6,8-9H2,1H3,(H2,19,20,22,23)/t11-,16-/m1/s1. The van der Waals surface area contributed by atoms with Crippen LogP contribution in [0.15, 0.2) is 18.2 Å². The topological polar surface area (TPSA) is 125 Å². The molecule has 25 heavy (non-hydrogen) atoms. The highest BCUT2D eigenvalue weighted by Gasteiger charge is 2.53. The van der Waals surface area contributed by atoms with Gasteiger partial charge in [-0.3, -0.25) is 20.2 Å². The van der Waals surface area contributed by atoms with Gasteiger partial charge in [-0.2, -0.15) is 0 Å². The van der Waals surface area contributed by atoms with E-state index in [4.69, 9.17) is 0 Å². The molecular weight excluding hydrogens is 326 g/mol. The van der Waals surface area contributed by atoms with E-state index in [9.17, 15) is 19.7 Å². The molecule has 2 aliphatic rings. The van der Waals surface area contributed by atoms with Crippen LogP contribution in [0.1, 0.15) is 24.8 Å². The largest absolute Gasteiger partial charge is 0.383 e. The Balaban J connectivity index is 1.63. The molecule has 9 heteroatoms. The Labute approximate surface area is 144 Å². The van der Waals surface area contributed by atoms with Crippen LogP contribution in [0.3, 0.4) is 0 Å². The second kappa shape index (κ2) is 6.67. The third-order valence-corrected chi connectivity index (χ3v) is 5.04.